The van der Waals surface area contributed by atoms with E-state index in [-0.39, 0.29) is 17.8 Å². The number of carbonyl (C=O) groups is 1. The average molecular weight is 333 g/mol. The van der Waals surface area contributed by atoms with E-state index in [1.165, 1.54) is 23.9 Å². The number of benzene rings is 2. The van der Waals surface area contributed by atoms with Gasteiger partial charge < -0.3 is 10.1 Å². The number of methoxy groups -OCH3 is 1. The maximum absolute atomic E-state index is 12.8. The Balaban J connectivity index is 1.81. The third-order valence-corrected chi connectivity index (χ3v) is 4.41. The van der Waals surface area contributed by atoms with Crippen molar-refractivity contribution in [2.45, 2.75) is 24.3 Å². The van der Waals surface area contributed by atoms with Crippen LogP contribution in [0.1, 0.15) is 24.9 Å². The second-order valence-electron chi connectivity index (χ2n) is 5.08. The van der Waals surface area contributed by atoms with E-state index < -0.39 is 0 Å². The molecule has 0 aromatic heterocycles. The van der Waals surface area contributed by atoms with Crippen LogP contribution in [0.15, 0.2) is 53.4 Å². The SMILES string of the molecule is COc1ccccc1[C@H](C)NC(=O)CCSc1ccc(F)cc1. The van der Waals surface area contributed by atoms with Gasteiger partial charge in [-0.25, -0.2) is 4.39 Å². The van der Waals surface area contributed by atoms with Crippen molar-refractivity contribution < 1.29 is 13.9 Å². The number of nitrogens with one attached hydrogen (secondary N) is 1. The van der Waals surface area contributed by atoms with Gasteiger partial charge in [0.1, 0.15) is 11.6 Å². The summed E-state index contributed by atoms with van der Waals surface area (Å²) >= 11 is 1.54. The zero-order chi connectivity index (χ0) is 16.7. The standard InChI is InChI=1S/C18H20FNO2S/c1-13(16-5-3-4-6-17(16)22-2)20-18(21)11-12-23-15-9-7-14(19)8-10-15/h3-10,13H,11-12H2,1-2H3,(H,20,21)/t13-/m0/s1. The molecule has 0 saturated carbocycles. The van der Waals surface area contributed by atoms with Gasteiger partial charge in [-0.05, 0) is 37.3 Å². The molecule has 1 amide bonds. The van der Waals surface area contributed by atoms with Gasteiger partial charge in [-0.2, -0.15) is 0 Å². The lowest BCUT2D eigenvalue weighted by atomic mass is 10.1. The molecule has 0 aliphatic carbocycles. The summed E-state index contributed by atoms with van der Waals surface area (Å²) in [4.78, 5) is 13.0. The minimum atomic E-state index is -0.252. The van der Waals surface area contributed by atoms with Crippen molar-refractivity contribution in [1.29, 1.82) is 0 Å². The number of ether oxygens (including phenoxy) is 1. The fraction of sp³-hybridized carbons (Fsp3) is 0.278. The predicted molar refractivity (Wildman–Crippen MR) is 91.3 cm³/mol. The van der Waals surface area contributed by atoms with Crippen LogP contribution in [0.2, 0.25) is 0 Å². The quantitative estimate of drug-likeness (QED) is 0.772. The molecular formula is C18H20FNO2S. The summed E-state index contributed by atoms with van der Waals surface area (Å²) in [6, 6.07) is 13.8. The van der Waals surface area contributed by atoms with Crippen LogP contribution in [0.25, 0.3) is 0 Å². The molecule has 2 rings (SSSR count). The lowest BCUT2D eigenvalue weighted by molar-refractivity contribution is -0.121. The van der Waals surface area contributed by atoms with Crippen molar-refractivity contribution in [1.82, 2.24) is 5.32 Å². The topological polar surface area (TPSA) is 38.3 Å². The summed E-state index contributed by atoms with van der Waals surface area (Å²) < 4.78 is 18.1. The fourth-order valence-electron chi connectivity index (χ4n) is 2.21. The van der Waals surface area contributed by atoms with Gasteiger partial charge in [0.15, 0.2) is 0 Å². The minimum Gasteiger partial charge on any atom is -0.496 e. The number of para-hydroxylation sites is 1. The molecule has 0 radical (unpaired) electrons. The van der Waals surface area contributed by atoms with Crippen LogP contribution in [0, 0.1) is 5.82 Å². The number of thioether (sulfide) groups is 1. The number of halogens is 1. The number of carbonyl (C=O) groups excluding carboxylic acids is 1. The van der Waals surface area contributed by atoms with Crippen LogP contribution in [0.5, 0.6) is 5.75 Å². The van der Waals surface area contributed by atoms with Crippen LogP contribution >= 0.6 is 11.8 Å². The van der Waals surface area contributed by atoms with Crippen molar-refractivity contribution in [2.24, 2.45) is 0 Å². The zero-order valence-corrected chi connectivity index (χ0v) is 14.0. The highest BCUT2D eigenvalue weighted by atomic mass is 32.2. The van der Waals surface area contributed by atoms with Gasteiger partial charge in [0.25, 0.3) is 0 Å². The predicted octanol–water partition coefficient (Wildman–Crippen LogP) is 4.19. The Kier molecular flexibility index (Phi) is 6.47. The first-order valence-electron chi connectivity index (χ1n) is 7.41. The van der Waals surface area contributed by atoms with E-state index in [1.54, 1.807) is 19.2 Å². The minimum absolute atomic E-state index is 0.0157. The van der Waals surface area contributed by atoms with Gasteiger partial charge in [0, 0.05) is 22.6 Å². The van der Waals surface area contributed by atoms with Gasteiger partial charge in [-0.15, -0.1) is 11.8 Å². The molecule has 0 heterocycles. The molecule has 1 atom stereocenters. The Labute approximate surface area is 140 Å². The molecule has 5 heteroatoms. The maximum atomic E-state index is 12.8. The van der Waals surface area contributed by atoms with Gasteiger partial charge >= 0.3 is 0 Å². The van der Waals surface area contributed by atoms with Crippen molar-refractivity contribution in [2.75, 3.05) is 12.9 Å². The van der Waals surface area contributed by atoms with E-state index in [1.807, 2.05) is 31.2 Å². The first-order chi connectivity index (χ1) is 11.1. The molecule has 2 aromatic carbocycles. The van der Waals surface area contributed by atoms with Crippen LogP contribution in [-0.4, -0.2) is 18.8 Å². The molecule has 23 heavy (non-hydrogen) atoms. The Morgan fingerprint density at radius 3 is 2.61 bits per heavy atom. The Hall–Kier alpha value is -2.01. The van der Waals surface area contributed by atoms with Crippen molar-refractivity contribution in [3.05, 3.63) is 59.9 Å². The highest BCUT2D eigenvalue weighted by molar-refractivity contribution is 7.99. The average Bonchev–Trinajstić information content (AvgIpc) is 2.56. The Bertz CT molecular complexity index is 646. The van der Waals surface area contributed by atoms with Crippen molar-refractivity contribution >= 4 is 17.7 Å². The Morgan fingerprint density at radius 1 is 1.22 bits per heavy atom. The summed E-state index contributed by atoms with van der Waals surface area (Å²) in [5.41, 5.74) is 0.953. The molecule has 0 unspecified atom stereocenters. The van der Waals surface area contributed by atoms with E-state index in [2.05, 4.69) is 5.32 Å². The van der Waals surface area contributed by atoms with Crippen LogP contribution < -0.4 is 10.1 Å². The number of rotatable bonds is 7. The highest BCUT2D eigenvalue weighted by Crippen LogP contribution is 2.24. The van der Waals surface area contributed by atoms with Crippen LogP contribution in [-0.2, 0) is 4.79 Å². The third kappa shape index (κ3) is 5.28. The molecule has 122 valence electrons. The number of hydrogen-bond acceptors (Lipinski definition) is 3. The molecule has 1 N–H and O–H groups in total. The van der Waals surface area contributed by atoms with Crippen LogP contribution in [0.3, 0.4) is 0 Å². The van der Waals surface area contributed by atoms with E-state index >= 15 is 0 Å². The smallest absolute Gasteiger partial charge is 0.221 e. The first-order valence-corrected chi connectivity index (χ1v) is 8.39. The molecule has 0 saturated heterocycles. The first kappa shape index (κ1) is 17.3. The van der Waals surface area contributed by atoms with Crippen molar-refractivity contribution in [3.63, 3.8) is 0 Å². The summed E-state index contributed by atoms with van der Waals surface area (Å²) in [6.45, 7) is 1.93. The van der Waals surface area contributed by atoms with Gasteiger partial charge in [-0.1, -0.05) is 18.2 Å². The molecule has 0 aliphatic rings. The van der Waals surface area contributed by atoms with E-state index in [0.29, 0.717) is 12.2 Å². The molecule has 3 nitrogen and oxygen atoms in total. The van der Waals surface area contributed by atoms with Gasteiger partial charge in [-0.3, -0.25) is 4.79 Å². The summed E-state index contributed by atoms with van der Waals surface area (Å²) in [5.74, 6) is 1.15. The summed E-state index contributed by atoms with van der Waals surface area (Å²) in [6.07, 6.45) is 0.404. The van der Waals surface area contributed by atoms with E-state index in [9.17, 15) is 9.18 Å². The molecule has 2 aromatic rings. The second-order valence-corrected chi connectivity index (χ2v) is 6.25. The largest absolute Gasteiger partial charge is 0.496 e. The Morgan fingerprint density at radius 2 is 1.91 bits per heavy atom. The van der Waals surface area contributed by atoms with E-state index in [0.717, 1.165) is 16.2 Å². The molecule has 0 fully saturated rings. The lowest BCUT2D eigenvalue weighted by Gasteiger charge is -2.17. The van der Waals surface area contributed by atoms with E-state index in [4.69, 9.17) is 4.74 Å². The maximum Gasteiger partial charge on any atom is 0.221 e. The molecular weight excluding hydrogens is 313 g/mol. The molecule has 0 bridgehead atoms. The molecule has 0 spiro atoms. The highest BCUT2D eigenvalue weighted by Gasteiger charge is 2.13. The van der Waals surface area contributed by atoms with Crippen LogP contribution in [0.4, 0.5) is 4.39 Å². The number of amides is 1. The zero-order valence-electron chi connectivity index (χ0n) is 13.2. The van der Waals surface area contributed by atoms with Gasteiger partial charge in [0.2, 0.25) is 5.91 Å². The normalized spacial score (nSPS) is 11.8. The van der Waals surface area contributed by atoms with Gasteiger partial charge in [0.05, 0.1) is 13.2 Å². The number of hydrogen-bond donors (Lipinski definition) is 1. The second kappa shape index (κ2) is 8.58. The molecule has 0 aliphatic heterocycles. The lowest BCUT2D eigenvalue weighted by Crippen LogP contribution is -2.27. The third-order valence-electron chi connectivity index (χ3n) is 3.39. The van der Waals surface area contributed by atoms with Crippen molar-refractivity contribution in [3.8, 4) is 5.75 Å². The summed E-state index contributed by atoms with van der Waals surface area (Å²) in [5, 5.41) is 2.97. The summed E-state index contributed by atoms with van der Waals surface area (Å²) in [7, 11) is 1.62. The monoisotopic (exact) mass is 333 g/mol. The fourth-order valence-corrected chi connectivity index (χ4v) is 3.06.